The molecule has 3 saturated heterocycles. The highest BCUT2D eigenvalue weighted by Gasteiger charge is 2.61. The predicted molar refractivity (Wildman–Crippen MR) is 127 cm³/mol. The van der Waals surface area contributed by atoms with Gasteiger partial charge in [-0.05, 0) is 26.3 Å². The van der Waals surface area contributed by atoms with Gasteiger partial charge in [-0.15, -0.1) is 0 Å². The minimum atomic E-state index is -0.616. The van der Waals surface area contributed by atoms with Crippen molar-refractivity contribution in [3.05, 3.63) is 71.8 Å². The highest BCUT2D eigenvalue weighted by molar-refractivity contribution is 5.18. The van der Waals surface area contributed by atoms with Crippen LogP contribution in [-0.2, 0) is 30.3 Å². The Labute approximate surface area is 202 Å². The molecule has 2 aromatic rings. The van der Waals surface area contributed by atoms with Gasteiger partial charge in [0.15, 0.2) is 6.29 Å². The third-order valence-corrected chi connectivity index (χ3v) is 7.72. The monoisotopic (exact) mass is 468 g/mol. The van der Waals surface area contributed by atoms with E-state index in [1.807, 2.05) is 55.5 Å². The molecule has 0 saturated carbocycles. The number of hydrogen-bond acceptors (Lipinski definition) is 6. The van der Waals surface area contributed by atoms with Crippen molar-refractivity contribution < 1.29 is 28.8 Å². The third kappa shape index (κ3) is 4.55. The van der Waals surface area contributed by atoms with Crippen LogP contribution in [0.1, 0.15) is 57.5 Å². The van der Waals surface area contributed by atoms with Gasteiger partial charge in [0.2, 0.25) is 0 Å². The SMILES string of the molecule is C[C@@]12CO[C@@H](c3ccccc3)O[C@H]1C[C@H]1O[C@@](C)(CCO)[C@H](OCc3ccccc3)C[C@]1(C)O2. The number of benzene rings is 2. The van der Waals surface area contributed by atoms with Crippen molar-refractivity contribution in [1.82, 2.24) is 0 Å². The summed E-state index contributed by atoms with van der Waals surface area (Å²) in [6, 6.07) is 20.1. The second kappa shape index (κ2) is 9.34. The molecule has 0 aliphatic carbocycles. The maximum Gasteiger partial charge on any atom is 0.184 e. The summed E-state index contributed by atoms with van der Waals surface area (Å²) in [6.45, 7) is 7.20. The fourth-order valence-electron chi connectivity index (χ4n) is 5.67. The summed E-state index contributed by atoms with van der Waals surface area (Å²) in [5.74, 6) is 0. The lowest BCUT2D eigenvalue weighted by Gasteiger charge is -2.60. The Balaban J connectivity index is 1.34. The topological polar surface area (TPSA) is 66.4 Å². The van der Waals surface area contributed by atoms with E-state index in [2.05, 4.69) is 26.0 Å². The fraction of sp³-hybridized carbons (Fsp3) is 0.571. The van der Waals surface area contributed by atoms with Crippen LogP contribution in [0.15, 0.2) is 60.7 Å². The number of hydrogen-bond donors (Lipinski definition) is 1. The number of fused-ring (bicyclic) bond motifs is 2. The van der Waals surface area contributed by atoms with Crippen molar-refractivity contribution in [3.8, 4) is 0 Å². The Hall–Kier alpha value is -1.80. The Morgan fingerprint density at radius 1 is 0.941 bits per heavy atom. The van der Waals surface area contributed by atoms with Gasteiger partial charge in [-0.2, -0.15) is 0 Å². The molecule has 0 aromatic heterocycles. The van der Waals surface area contributed by atoms with E-state index in [1.165, 1.54) is 0 Å². The van der Waals surface area contributed by atoms with Crippen LogP contribution >= 0.6 is 0 Å². The van der Waals surface area contributed by atoms with Gasteiger partial charge in [-0.3, -0.25) is 0 Å². The summed E-state index contributed by atoms with van der Waals surface area (Å²) < 4.78 is 32.5. The smallest absolute Gasteiger partial charge is 0.184 e. The van der Waals surface area contributed by atoms with E-state index < -0.39 is 23.1 Å². The van der Waals surface area contributed by atoms with Crippen molar-refractivity contribution in [2.75, 3.05) is 13.2 Å². The molecule has 34 heavy (non-hydrogen) atoms. The zero-order valence-corrected chi connectivity index (χ0v) is 20.3. The maximum absolute atomic E-state index is 9.83. The minimum absolute atomic E-state index is 0.0353. The molecule has 7 atom stereocenters. The van der Waals surface area contributed by atoms with Gasteiger partial charge >= 0.3 is 0 Å². The number of aliphatic hydroxyl groups excluding tert-OH is 1. The van der Waals surface area contributed by atoms with Crippen molar-refractivity contribution in [3.63, 3.8) is 0 Å². The Kier molecular flexibility index (Phi) is 6.57. The van der Waals surface area contributed by atoms with Crippen LogP contribution in [-0.4, -0.2) is 53.4 Å². The molecule has 0 radical (unpaired) electrons. The summed E-state index contributed by atoms with van der Waals surface area (Å²) in [7, 11) is 0. The lowest BCUT2D eigenvalue weighted by atomic mass is 9.73. The Morgan fingerprint density at radius 3 is 2.35 bits per heavy atom. The van der Waals surface area contributed by atoms with Gasteiger partial charge in [0.25, 0.3) is 0 Å². The molecule has 3 aliphatic heterocycles. The summed E-state index contributed by atoms with van der Waals surface area (Å²) in [5.41, 5.74) is 0.373. The van der Waals surface area contributed by atoms with Gasteiger partial charge in [-0.25, -0.2) is 0 Å². The van der Waals surface area contributed by atoms with E-state index in [0.29, 0.717) is 32.5 Å². The highest BCUT2D eigenvalue weighted by atomic mass is 16.7. The molecular formula is C28H36O6. The van der Waals surface area contributed by atoms with Crippen LogP contribution in [0.2, 0.25) is 0 Å². The van der Waals surface area contributed by atoms with Crippen LogP contribution in [0.25, 0.3) is 0 Å². The van der Waals surface area contributed by atoms with E-state index in [0.717, 1.165) is 11.1 Å². The zero-order valence-electron chi connectivity index (χ0n) is 20.3. The second-order valence-corrected chi connectivity index (χ2v) is 10.5. The summed E-state index contributed by atoms with van der Waals surface area (Å²) >= 11 is 0. The van der Waals surface area contributed by atoms with Crippen molar-refractivity contribution in [1.29, 1.82) is 0 Å². The molecule has 3 aliphatic rings. The molecule has 0 bridgehead atoms. The minimum Gasteiger partial charge on any atom is -0.396 e. The van der Waals surface area contributed by atoms with E-state index in [9.17, 15) is 5.11 Å². The largest absolute Gasteiger partial charge is 0.396 e. The van der Waals surface area contributed by atoms with Crippen LogP contribution in [0, 0.1) is 0 Å². The lowest BCUT2D eigenvalue weighted by Crippen LogP contribution is -2.70. The molecule has 2 aromatic carbocycles. The second-order valence-electron chi connectivity index (χ2n) is 10.5. The van der Waals surface area contributed by atoms with Crippen LogP contribution in [0.5, 0.6) is 0 Å². The lowest BCUT2D eigenvalue weighted by molar-refractivity contribution is -0.387. The van der Waals surface area contributed by atoms with Crippen LogP contribution in [0.4, 0.5) is 0 Å². The number of rotatable bonds is 6. The molecule has 5 rings (SSSR count). The molecule has 0 spiro atoms. The zero-order chi connectivity index (χ0) is 23.8. The molecule has 3 heterocycles. The predicted octanol–water partition coefficient (Wildman–Crippen LogP) is 4.55. The quantitative estimate of drug-likeness (QED) is 0.671. The first-order chi connectivity index (χ1) is 16.3. The summed E-state index contributed by atoms with van der Waals surface area (Å²) in [6.07, 6.45) is 0.901. The van der Waals surface area contributed by atoms with Crippen LogP contribution in [0.3, 0.4) is 0 Å². The van der Waals surface area contributed by atoms with E-state index in [1.54, 1.807) is 0 Å². The van der Waals surface area contributed by atoms with Gasteiger partial charge < -0.3 is 28.8 Å². The first kappa shape index (κ1) is 23.9. The average molecular weight is 469 g/mol. The first-order valence-corrected chi connectivity index (χ1v) is 12.3. The first-order valence-electron chi connectivity index (χ1n) is 12.3. The van der Waals surface area contributed by atoms with Gasteiger partial charge in [0.1, 0.15) is 5.60 Å². The molecule has 6 heteroatoms. The van der Waals surface area contributed by atoms with Gasteiger partial charge in [0.05, 0.1) is 42.7 Å². The molecule has 0 amide bonds. The molecule has 0 unspecified atom stereocenters. The normalized spacial score (nSPS) is 39.8. The standard InChI is InChI=1S/C28H36O6/c1-26(14-15-29)24(30-18-20-10-6-4-7-11-20)17-27(2)23(33-26)16-22-28(3,34-27)19-31-25(32-22)21-12-8-5-9-13-21/h4-13,22-25,29H,14-19H2,1-3H3/t22-,23+,24+,25+,26-,27-,28+/m0/s1. The van der Waals surface area contributed by atoms with Crippen molar-refractivity contribution in [2.24, 2.45) is 0 Å². The molecule has 184 valence electrons. The van der Waals surface area contributed by atoms with E-state index in [-0.39, 0.29) is 24.9 Å². The Morgan fingerprint density at radius 2 is 1.65 bits per heavy atom. The Bertz CT molecular complexity index is 954. The maximum atomic E-state index is 9.83. The van der Waals surface area contributed by atoms with E-state index in [4.69, 9.17) is 23.7 Å². The number of aliphatic hydroxyl groups is 1. The average Bonchev–Trinajstić information content (AvgIpc) is 2.83. The van der Waals surface area contributed by atoms with Crippen LogP contribution < -0.4 is 0 Å². The van der Waals surface area contributed by atoms with Gasteiger partial charge in [0, 0.05) is 31.4 Å². The third-order valence-electron chi connectivity index (χ3n) is 7.72. The fourth-order valence-corrected chi connectivity index (χ4v) is 5.67. The molecular weight excluding hydrogens is 432 g/mol. The molecule has 6 nitrogen and oxygen atoms in total. The van der Waals surface area contributed by atoms with Gasteiger partial charge in [-0.1, -0.05) is 60.7 Å². The summed E-state index contributed by atoms with van der Waals surface area (Å²) in [5, 5.41) is 9.83. The number of ether oxygens (including phenoxy) is 5. The van der Waals surface area contributed by atoms with E-state index >= 15 is 0 Å². The highest BCUT2D eigenvalue weighted by Crippen LogP contribution is 2.51. The van der Waals surface area contributed by atoms with Crippen molar-refractivity contribution in [2.45, 2.75) is 88.0 Å². The molecule has 3 fully saturated rings. The van der Waals surface area contributed by atoms with Crippen molar-refractivity contribution >= 4 is 0 Å². The summed E-state index contributed by atoms with van der Waals surface area (Å²) in [4.78, 5) is 0. The molecule has 1 N–H and O–H groups in total.